The summed E-state index contributed by atoms with van der Waals surface area (Å²) in [6.07, 6.45) is 9.36. The van der Waals surface area contributed by atoms with Crippen LogP contribution in [0.4, 0.5) is 0 Å². The monoisotopic (exact) mass is 286 g/mol. The average molecular weight is 286 g/mol. The number of rotatable bonds is 4. The van der Waals surface area contributed by atoms with Crippen molar-refractivity contribution in [3.63, 3.8) is 0 Å². The molecular weight excluding hydrogens is 260 g/mol. The SMILES string of the molecule is CCC1CCC(Cc2ccc3c(c2)CCC3)(C(=O)O)CC1. The molecule has 0 aliphatic heterocycles. The van der Waals surface area contributed by atoms with E-state index in [9.17, 15) is 9.90 Å². The number of hydrogen-bond donors (Lipinski definition) is 1. The Morgan fingerprint density at radius 1 is 1.24 bits per heavy atom. The summed E-state index contributed by atoms with van der Waals surface area (Å²) < 4.78 is 0. The summed E-state index contributed by atoms with van der Waals surface area (Å²) in [5.74, 6) is 0.148. The van der Waals surface area contributed by atoms with Crippen molar-refractivity contribution < 1.29 is 9.90 Å². The van der Waals surface area contributed by atoms with E-state index < -0.39 is 11.4 Å². The third-order valence-electron chi connectivity index (χ3n) is 5.80. The molecule has 114 valence electrons. The first-order chi connectivity index (χ1) is 10.1. The van der Waals surface area contributed by atoms with E-state index in [-0.39, 0.29) is 0 Å². The number of fused-ring (bicyclic) bond motifs is 1. The molecule has 1 saturated carbocycles. The highest BCUT2D eigenvalue weighted by Crippen LogP contribution is 2.43. The van der Waals surface area contributed by atoms with Crippen molar-refractivity contribution in [3.8, 4) is 0 Å². The Morgan fingerprint density at radius 2 is 1.95 bits per heavy atom. The molecule has 0 atom stereocenters. The zero-order chi connectivity index (χ0) is 14.9. The molecule has 1 N–H and O–H groups in total. The second kappa shape index (κ2) is 5.82. The molecule has 2 aliphatic carbocycles. The van der Waals surface area contributed by atoms with Crippen molar-refractivity contribution in [1.29, 1.82) is 0 Å². The molecule has 3 rings (SSSR count). The van der Waals surface area contributed by atoms with E-state index in [4.69, 9.17) is 0 Å². The number of carboxylic acids is 1. The number of aliphatic carboxylic acids is 1. The fraction of sp³-hybridized carbons (Fsp3) is 0.632. The first-order valence-corrected chi connectivity index (χ1v) is 8.47. The molecule has 2 aliphatic rings. The summed E-state index contributed by atoms with van der Waals surface area (Å²) in [5.41, 5.74) is 3.64. The van der Waals surface area contributed by atoms with Gasteiger partial charge in [-0.3, -0.25) is 4.79 Å². The topological polar surface area (TPSA) is 37.3 Å². The lowest BCUT2D eigenvalue weighted by molar-refractivity contribution is -0.151. The maximum absolute atomic E-state index is 11.9. The highest BCUT2D eigenvalue weighted by Gasteiger charge is 2.41. The van der Waals surface area contributed by atoms with E-state index in [1.807, 2.05) is 0 Å². The van der Waals surface area contributed by atoms with Crippen LogP contribution in [0.2, 0.25) is 0 Å². The van der Waals surface area contributed by atoms with Gasteiger partial charge in [0.25, 0.3) is 0 Å². The highest BCUT2D eigenvalue weighted by molar-refractivity contribution is 5.75. The third kappa shape index (κ3) is 2.86. The van der Waals surface area contributed by atoms with E-state index in [1.165, 1.54) is 42.4 Å². The summed E-state index contributed by atoms with van der Waals surface area (Å²) >= 11 is 0. The molecule has 0 saturated heterocycles. The molecule has 0 bridgehead atoms. The van der Waals surface area contributed by atoms with Crippen molar-refractivity contribution in [1.82, 2.24) is 0 Å². The smallest absolute Gasteiger partial charge is 0.309 e. The number of benzene rings is 1. The van der Waals surface area contributed by atoms with E-state index >= 15 is 0 Å². The van der Waals surface area contributed by atoms with Gasteiger partial charge in [0.05, 0.1) is 5.41 Å². The summed E-state index contributed by atoms with van der Waals surface area (Å²) in [7, 11) is 0. The molecule has 1 aromatic carbocycles. The lowest BCUT2D eigenvalue weighted by atomic mass is 9.67. The van der Waals surface area contributed by atoms with Crippen LogP contribution in [0.3, 0.4) is 0 Å². The average Bonchev–Trinajstić information content (AvgIpc) is 2.95. The van der Waals surface area contributed by atoms with Crippen molar-refractivity contribution in [2.75, 3.05) is 0 Å². The Kier molecular flexibility index (Phi) is 4.05. The predicted octanol–water partition coefficient (Wildman–Crippen LogP) is 4.39. The summed E-state index contributed by atoms with van der Waals surface area (Å²) in [6.45, 7) is 2.22. The second-order valence-corrected chi connectivity index (χ2v) is 7.07. The molecular formula is C19H26O2. The summed E-state index contributed by atoms with van der Waals surface area (Å²) in [6, 6.07) is 6.67. The molecule has 2 heteroatoms. The fourth-order valence-corrected chi connectivity index (χ4v) is 4.23. The number of aryl methyl sites for hydroxylation is 2. The molecule has 2 nitrogen and oxygen atoms in total. The lowest BCUT2D eigenvalue weighted by Crippen LogP contribution is -2.37. The molecule has 0 amide bonds. The van der Waals surface area contributed by atoms with E-state index in [2.05, 4.69) is 25.1 Å². The third-order valence-corrected chi connectivity index (χ3v) is 5.80. The standard InChI is InChI=1S/C19H26O2/c1-2-14-8-10-19(11-9-14,18(20)21)13-15-6-7-16-4-3-5-17(16)12-15/h6-7,12,14H,2-5,8-11,13H2,1H3,(H,20,21). The van der Waals surface area contributed by atoms with E-state index in [0.717, 1.165) is 31.6 Å². The van der Waals surface area contributed by atoms with E-state index in [0.29, 0.717) is 6.42 Å². The van der Waals surface area contributed by atoms with Gasteiger partial charge in [-0.25, -0.2) is 0 Å². The predicted molar refractivity (Wildman–Crippen MR) is 84.5 cm³/mol. The van der Waals surface area contributed by atoms with Gasteiger partial charge in [0.1, 0.15) is 0 Å². The Labute approximate surface area is 127 Å². The van der Waals surface area contributed by atoms with Crippen molar-refractivity contribution in [2.45, 2.75) is 64.7 Å². The number of hydrogen-bond acceptors (Lipinski definition) is 1. The van der Waals surface area contributed by atoms with Crippen molar-refractivity contribution >= 4 is 5.97 Å². The van der Waals surface area contributed by atoms with Crippen LogP contribution < -0.4 is 0 Å². The molecule has 0 unspecified atom stereocenters. The minimum Gasteiger partial charge on any atom is -0.481 e. The van der Waals surface area contributed by atoms with Gasteiger partial charge in [0.2, 0.25) is 0 Å². The zero-order valence-corrected chi connectivity index (χ0v) is 13.0. The molecule has 0 heterocycles. The van der Waals surface area contributed by atoms with Gasteiger partial charge in [0, 0.05) is 0 Å². The van der Waals surface area contributed by atoms with Crippen LogP contribution in [0, 0.1) is 11.3 Å². The Morgan fingerprint density at radius 3 is 2.62 bits per heavy atom. The quantitative estimate of drug-likeness (QED) is 0.891. The fourth-order valence-electron chi connectivity index (χ4n) is 4.23. The van der Waals surface area contributed by atoms with Crippen LogP contribution in [0.5, 0.6) is 0 Å². The highest BCUT2D eigenvalue weighted by atomic mass is 16.4. The van der Waals surface area contributed by atoms with Crippen LogP contribution in [0.15, 0.2) is 18.2 Å². The van der Waals surface area contributed by atoms with Crippen LogP contribution in [-0.4, -0.2) is 11.1 Å². The minimum atomic E-state index is -0.586. The van der Waals surface area contributed by atoms with Gasteiger partial charge in [0.15, 0.2) is 0 Å². The largest absolute Gasteiger partial charge is 0.481 e. The van der Waals surface area contributed by atoms with E-state index in [1.54, 1.807) is 0 Å². The number of carboxylic acid groups (broad SMARTS) is 1. The lowest BCUT2D eigenvalue weighted by Gasteiger charge is -2.37. The Hall–Kier alpha value is -1.31. The molecule has 1 fully saturated rings. The molecule has 0 radical (unpaired) electrons. The summed E-state index contributed by atoms with van der Waals surface area (Å²) in [4.78, 5) is 11.9. The minimum absolute atomic E-state index is 0.515. The molecule has 21 heavy (non-hydrogen) atoms. The Balaban J connectivity index is 1.78. The molecule has 1 aromatic rings. The zero-order valence-electron chi connectivity index (χ0n) is 13.0. The second-order valence-electron chi connectivity index (χ2n) is 7.07. The van der Waals surface area contributed by atoms with Gasteiger partial charge in [-0.2, -0.15) is 0 Å². The normalized spacial score (nSPS) is 28.3. The Bertz CT molecular complexity index is 524. The maximum Gasteiger partial charge on any atom is 0.309 e. The summed E-state index contributed by atoms with van der Waals surface area (Å²) in [5, 5.41) is 9.80. The maximum atomic E-state index is 11.9. The van der Waals surface area contributed by atoms with Gasteiger partial charge in [-0.05, 0) is 74.0 Å². The first kappa shape index (κ1) is 14.6. The van der Waals surface area contributed by atoms with Crippen LogP contribution >= 0.6 is 0 Å². The van der Waals surface area contributed by atoms with Gasteiger partial charge in [-0.1, -0.05) is 31.5 Å². The van der Waals surface area contributed by atoms with Crippen molar-refractivity contribution in [3.05, 3.63) is 34.9 Å². The molecule has 0 spiro atoms. The number of carbonyl (C=O) groups is 1. The van der Waals surface area contributed by atoms with Crippen LogP contribution in [-0.2, 0) is 24.1 Å². The molecule has 0 aromatic heterocycles. The van der Waals surface area contributed by atoms with Gasteiger partial charge < -0.3 is 5.11 Å². The van der Waals surface area contributed by atoms with Crippen LogP contribution in [0.25, 0.3) is 0 Å². The van der Waals surface area contributed by atoms with Crippen LogP contribution in [0.1, 0.15) is 62.1 Å². The first-order valence-electron chi connectivity index (χ1n) is 8.47. The van der Waals surface area contributed by atoms with Gasteiger partial charge in [-0.15, -0.1) is 0 Å². The van der Waals surface area contributed by atoms with Gasteiger partial charge >= 0.3 is 5.97 Å². The van der Waals surface area contributed by atoms with Crippen molar-refractivity contribution in [2.24, 2.45) is 11.3 Å².